The van der Waals surface area contributed by atoms with Gasteiger partial charge in [0.15, 0.2) is 6.29 Å². The molecular weight excluding hydrogens is 176 g/mol. The number of rotatable bonds is 3. The third-order valence-corrected chi connectivity index (χ3v) is 2.05. The summed E-state index contributed by atoms with van der Waals surface area (Å²) in [6.45, 7) is 1.72. The van der Waals surface area contributed by atoms with Gasteiger partial charge < -0.3 is 24.4 Å². The summed E-state index contributed by atoms with van der Waals surface area (Å²) >= 11 is 0. The second-order valence-corrected chi connectivity index (χ2v) is 3.07. The Balaban J connectivity index is 2.40. The van der Waals surface area contributed by atoms with Crippen LogP contribution >= 0.6 is 0 Å². The van der Waals surface area contributed by atoms with Crippen LogP contribution in [0.25, 0.3) is 0 Å². The van der Waals surface area contributed by atoms with Gasteiger partial charge >= 0.3 is 0 Å². The van der Waals surface area contributed by atoms with Crippen molar-refractivity contribution in [2.45, 2.75) is 31.5 Å². The van der Waals surface area contributed by atoms with Crippen LogP contribution in [0.4, 0.5) is 0 Å². The number of hydrogen-bond donors (Lipinski definition) is 2. The predicted octanol–water partition coefficient (Wildman–Crippen LogP) is -0.884. The van der Waals surface area contributed by atoms with Crippen LogP contribution in [0.2, 0.25) is 0 Å². The van der Waals surface area contributed by atoms with Crippen LogP contribution < -0.4 is 0 Å². The van der Waals surface area contributed by atoms with Gasteiger partial charge in [0.1, 0.15) is 18.3 Å². The molecule has 2 N–H and O–H groups in total. The van der Waals surface area contributed by atoms with E-state index in [0.717, 1.165) is 0 Å². The van der Waals surface area contributed by atoms with E-state index in [-0.39, 0.29) is 25.6 Å². The van der Waals surface area contributed by atoms with Crippen molar-refractivity contribution in [3.8, 4) is 0 Å². The summed E-state index contributed by atoms with van der Waals surface area (Å²) < 4.78 is 15.6. The van der Waals surface area contributed by atoms with Crippen molar-refractivity contribution in [1.82, 2.24) is 0 Å². The van der Waals surface area contributed by atoms with Gasteiger partial charge in [0.25, 0.3) is 0 Å². The highest BCUT2D eigenvalue weighted by Crippen LogP contribution is 2.17. The van der Waals surface area contributed by atoms with Crippen molar-refractivity contribution in [1.29, 1.82) is 0 Å². The SMILES string of the molecule is COC1OCC(C(O)CO)OC1C. The zero-order chi connectivity index (χ0) is 9.84. The fraction of sp³-hybridized carbons (Fsp3) is 1.00. The molecular formula is C8H16O5. The van der Waals surface area contributed by atoms with Gasteiger partial charge in [0, 0.05) is 7.11 Å². The van der Waals surface area contributed by atoms with E-state index in [2.05, 4.69) is 0 Å². The zero-order valence-electron chi connectivity index (χ0n) is 7.84. The van der Waals surface area contributed by atoms with E-state index in [1.54, 1.807) is 6.92 Å². The molecule has 4 atom stereocenters. The van der Waals surface area contributed by atoms with E-state index >= 15 is 0 Å². The Kier molecular flexibility index (Phi) is 4.08. The molecule has 1 heterocycles. The van der Waals surface area contributed by atoms with Crippen LogP contribution in [-0.2, 0) is 14.2 Å². The van der Waals surface area contributed by atoms with Crippen molar-refractivity contribution in [2.24, 2.45) is 0 Å². The molecule has 4 unspecified atom stereocenters. The largest absolute Gasteiger partial charge is 0.394 e. The number of ether oxygens (including phenoxy) is 3. The van der Waals surface area contributed by atoms with Gasteiger partial charge in [-0.3, -0.25) is 0 Å². The Labute approximate surface area is 77.2 Å². The summed E-state index contributed by atoms with van der Waals surface area (Å²) in [5, 5.41) is 17.9. The monoisotopic (exact) mass is 192 g/mol. The Morgan fingerprint density at radius 1 is 1.62 bits per heavy atom. The average molecular weight is 192 g/mol. The van der Waals surface area contributed by atoms with Crippen LogP contribution in [0.3, 0.4) is 0 Å². The average Bonchev–Trinajstić information content (AvgIpc) is 2.16. The van der Waals surface area contributed by atoms with Gasteiger partial charge in [0.2, 0.25) is 0 Å². The lowest BCUT2D eigenvalue weighted by Crippen LogP contribution is -2.48. The van der Waals surface area contributed by atoms with Gasteiger partial charge in [-0.05, 0) is 6.92 Å². The van der Waals surface area contributed by atoms with Crippen molar-refractivity contribution in [3.05, 3.63) is 0 Å². The van der Waals surface area contributed by atoms with Crippen molar-refractivity contribution < 1.29 is 24.4 Å². The molecule has 78 valence electrons. The summed E-state index contributed by atoms with van der Waals surface area (Å²) in [6.07, 6.45) is -1.97. The molecule has 0 aromatic carbocycles. The van der Waals surface area contributed by atoms with E-state index in [9.17, 15) is 5.11 Å². The molecule has 5 heteroatoms. The second kappa shape index (κ2) is 4.88. The normalized spacial score (nSPS) is 37.4. The Morgan fingerprint density at radius 3 is 2.77 bits per heavy atom. The van der Waals surface area contributed by atoms with E-state index in [4.69, 9.17) is 19.3 Å². The predicted molar refractivity (Wildman–Crippen MR) is 44.2 cm³/mol. The molecule has 0 saturated carbocycles. The maximum absolute atomic E-state index is 9.26. The maximum atomic E-state index is 9.26. The van der Waals surface area contributed by atoms with E-state index < -0.39 is 12.2 Å². The number of aliphatic hydroxyl groups is 2. The second-order valence-electron chi connectivity index (χ2n) is 3.07. The fourth-order valence-corrected chi connectivity index (χ4v) is 1.28. The van der Waals surface area contributed by atoms with Crippen LogP contribution in [0.1, 0.15) is 6.92 Å². The highest BCUT2D eigenvalue weighted by Gasteiger charge is 2.32. The molecule has 0 aromatic heterocycles. The molecule has 13 heavy (non-hydrogen) atoms. The molecule has 1 rings (SSSR count). The molecule has 0 amide bonds. The summed E-state index contributed by atoms with van der Waals surface area (Å²) in [5.41, 5.74) is 0. The van der Waals surface area contributed by atoms with E-state index in [0.29, 0.717) is 0 Å². The van der Waals surface area contributed by atoms with Crippen LogP contribution in [0.15, 0.2) is 0 Å². The van der Waals surface area contributed by atoms with Gasteiger partial charge in [-0.1, -0.05) is 0 Å². The fourth-order valence-electron chi connectivity index (χ4n) is 1.28. The molecule has 1 aliphatic heterocycles. The lowest BCUT2D eigenvalue weighted by Gasteiger charge is -2.35. The van der Waals surface area contributed by atoms with Crippen LogP contribution in [0.5, 0.6) is 0 Å². The highest BCUT2D eigenvalue weighted by atomic mass is 16.7. The molecule has 1 fully saturated rings. The number of hydrogen-bond acceptors (Lipinski definition) is 5. The molecule has 1 aliphatic rings. The van der Waals surface area contributed by atoms with Crippen molar-refractivity contribution >= 4 is 0 Å². The first kappa shape index (κ1) is 10.9. The van der Waals surface area contributed by atoms with Crippen LogP contribution in [-0.4, -0.2) is 55.1 Å². The summed E-state index contributed by atoms with van der Waals surface area (Å²) in [5.74, 6) is 0. The minimum atomic E-state index is -0.889. The Morgan fingerprint density at radius 2 is 2.31 bits per heavy atom. The van der Waals surface area contributed by atoms with Gasteiger partial charge in [0.05, 0.1) is 13.2 Å². The smallest absolute Gasteiger partial charge is 0.183 e. The molecule has 0 radical (unpaired) electrons. The molecule has 0 aromatic rings. The highest BCUT2D eigenvalue weighted by molar-refractivity contribution is 4.74. The first-order valence-electron chi connectivity index (χ1n) is 4.27. The number of methoxy groups -OCH3 is 1. The van der Waals surface area contributed by atoms with Crippen molar-refractivity contribution in [2.75, 3.05) is 20.3 Å². The molecule has 5 nitrogen and oxygen atoms in total. The molecule has 0 aliphatic carbocycles. The van der Waals surface area contributed by atoms with E-state index in [1.165, 1.54) is 7.11 Å². The summed E-state index contributed by atoms with van der Waals surface area (Å²) in [6, 6.07) is 0. The Hall–Kier alpha value is -0.200. The zero-order valence-corrected chi connectivity index (χ0v) is 7.84. The minimum absolute atomic E-state index is 0.232. The standard InChI is InChI=1S/C8H16O5/c1-5-8(11-2)12-4-7(13-5)6(10)3-9/h5-10H,3-4H2,1-2H3. The van der Waals surface area contributed by atoms with Crippen molar-refractivity contribution in [3.63, 3.8) is 0 Å². The minimum Gasteiger partial charge on any atom is -0.394 e. The lowest BCUT2D eigenvalue weighted by atomic mass is 10.2. The molecule has 1 saturated heterocycles. The van der Waals surface area contributed by atoms with Crippen LogP contribution in [0, 0.1) is 0 Å². The van der Waals surface area contributed by atoms with Gasteiger partial charge in [-0.15, -0.1) is 0 Å². The van der Waals surface area contributed by atoms with Gasteiger partial charge in [-0.2, -0.15) is 0 Å². The topological polar surface area (TPSA) is 68.2 Å². The molecule has 0 bridgehead atoms. The lowest BCUT2D eigenvalue weighted by molar-refractivity contribution is -0.273. The quantitative estimate of drug-likeness (QED) is 0.607. The first-order chi connectivity index (χ1) is 6.19. The summed E-state index contributed by atoms with van der Waals surface area (Å²) in [7, 11) is 1.54. The molecule has 0 spiro atoms. The van der Waals surface area contributed by atoms with Gasteiger partial charge in [-0.25, -0.2) is 0 Å². The third kappa shape index (κ3) is 2.62. The van der Waals surface area contributed by atoms with E-state index in [1.807, 2.05) is 0 Å². The summed E-state index contributed by atoms with van der Waals surface area (Å²) in [4.78, 5) is 0. The number of aliphatic hydroxyl groups excluding tert-OH is 2. The first-order valence-corrected chi connectivity index (χ1v) is 4.27. The third-order valence-electron chi connectivity index (χ3n) is 2.05. The maximum Gasteiger partial charge on any atom is 0.183 e. The Bertz CT molecular complexity index is 151.